The van der Waals surface area contributed by atoms with Gasteiger partial charge in [-0.3, -0.25) is 4.90 Å². The molecule has 2 aromatic heterocycles. The van der Waals surface area contributed by atoms with Gasteiger partial charge in [0.1, 0.15) is 5.82 Å². The molecule has 0 aliphatic carbocycles. The quantitative estimate of drug-likeness (QED) is 0.310. The Morgan fingerprint density at radius 2 is 1.91 bits per heavy atom. The van der Waals surface area contributed by atoms with E-state index >= 15 is 0 Å². The molecule has 0 amide bonds. The average molecular weight is 555 g/mol. The monoisotopic (exact) mass is 553 g/mol. The lowest BCUT2D eigenvalue weighted by atomic mass is 10.0. The van der Waals surface area contributed by atoms with Crippen LogP contribution in [0.25, 0.3) is 16.9 Å². The Bertz CT molecular complexity index is 1350. The van der Waals surface area contributed by atoms with E-state index in [0.29, 0.717) is 16.6 Å². The maximum Gasteiger partial charge on any atom is 0.337 e. The molecular weight excluding hydrogens is 530 g/mol. The molecule has 1 aliphatic rings. The van der Waals surface area contributed by atoms with Gasteiger partial charge in [-0.25, -0.2) is 9.78 Å². The van der Waals surface area contributed by atoms with Crippen LogP contribution in [0.15, 0.2) is 65.3 Å². The predicted octanol–water partition coefficient (Wildman–Crippen LogP) is 5.68. The molecule has 1 aliphatic heterocycles. The van der Waals surface area contributed by atoms with Gasteiger partial charge in [-0.2, -0.15) is 9.61 Å². The largest absolute Gasteiger partial charge is 0.465 e. The van der Waals surface area contributed by atoms with Crippen molar-refractivity contribution in [2.24, 2.45) is 0 Å². The van der Waals surface area contributed by atoms with Crippen molar-refractivity contribution in [2.45, 2.75) is 25.4 Å². The minimum absolute atomic E-state index is 0.310. The van der Waals surface area contributed by atoms with E-state index in [9.17, 15) is 4.79 Å². The molecule has 180 valence electrons. The fourth-order valence-electron chi connectivity index (χ4n) is 4.41. The molecule has 1 fully saturated rings. The SMILES string of the molecule is COC(=O)c1ccc(CN2CCC(Nc3cc(-c4ccccc4Cl)nc4c(Br)cnn34)CC2)cc1. The Morgan fingerprint density at radius 1 is 1.17 bits per heavy atom. The number of benzene rings is 2. The van der Waals surface area contributed by atoms with Crippen LogP contribution in [0.3, 0.4) is 0 Å². The number of aromatic nitrogens is 3. The predicted molar refractivity (Wildman–Crippen MR) is 141 cm³/mol. The number of fused-ring (bicyclic) bond motifs is 1. The van der Waals surface area contributed by atoms with Crippen LogP contribution in [0.4, 0.5) is 5.82 Å². The van der Waals surface area contributed by atoms with Gasteiger partial charge in [0.05, 0.1) is 29.0 Å². The minimum atomic E-state index is -0.310. The third-order valence-corrected chi connectivity index (χ3v) is 7.19. The highest BCUT2D eigenvalue weighted by Crippen LogP contribution is 2.31. The van der Waals surface area contributed by atoms with E-state index in [1.165, 1.54) is 12.7 Å². The third kappa shape index (κ3) is 5.19. The molecule has 2 aromatic carbocycles. The number of carbonyl (C=O) groups excluding carboxylic acids is 1. The summed E-state index contributed by atoms with van der Waals surface area (Å²) in [6.07, 6.45) is 3.78. The molecule has 35 heavy (non-hydrogen) atoms. The molecular formula is C26H25BrClN5O2. The first-order valence-corrected chi connectivity index (χ1v) is 12.6. The van der Waals surface area contributed by atoms with E-state index in [1.807, 2.05) is 59.1 Å². The summed E-state index contributed by atoms with van der Waals surface area (Å²) in [5.74, 6) is 0.586. The highest BCUT2D eigenvalue weighted by atomic mass is 79.9. The molecule has 0 radical (unpaired) electrons. The second-order valence-electron chi connectivity index (χ2n) is 8.62. The Morgan fingerprint density at radius 3 is 2.63 bits per heavy atom. The summed E-state index contributed by atoms with van der Waals surface area (Å²) in [5.41, 5.74) is 4.20. The lowest BCUT2D eigenvalue weighted by molar-refractivity contribution is 0.0600. The smallest absolute Gasteiger partial charge is 0.337 e. The zero-order valence-electron chi connectivity index (χ0n) is 19.2. The fraction of sp³-hybridized carbons (Fsp3) is 0.269. The van der Waals surface area contributed by atoms with Crippen molar-refractivity contribution in [1.82, 2.24) is 19.5 Å². The molecule has 9 heteroatoms. The van der Waals surface area contributed by atoms with Crippen molar-refractivity contribution in [3.63, 3.8) is 0 Å². The number of anilines is 1. The molecule has 0 unspecified atom stereocenters. The van der Waals surface area contributed by atoms with Crippen LogP contribution in [0.2, 0.25) is 5.02 Å². The van der Waals surface area contributed by atoms with E-state index in [2.05, 4.69) is 31.2 Å². The van der Waals surface area contributed by atoms with Gasteiger partial charge in [0.15, 0.2) is 5.65 Å². The van der Waals surface area contributed by atoms with E-state index in [0.717, 1.165) is 59.7 Å². The van der Waals surface area contributed by atoms with Crippen LogP contribution in [-0.2, 0) is 11.3 Å². The number of likely N-dealkylation sites (tertiary alicyclic amines) is 1. The maximum absolute atomic E-state index is 11.6. The van der Waals surface area contributed by atoms with Gasteiger partial charge < -0.3 is 10.1 Å². The van der Waals surface area contributed by atoms with Crippen molar-refractivity contribution in [3.05, 3.63) is 81.4 Å². The number of esters is 1. The van der Waals surface area contributed by atoms with Gasteiger partial charge in [-0.1, -0.05) is 41.9 Å². The molecule has 0 saturated carbocycles. The zero-order valence-corrected chi connectivity index (χ0v) is 21.6. The number of nitrogens with one attached hydrogen (secondary N) is 1. The number of ether oxygens (including phenoxy) is 1. The summed E-state index contributed by atoms with van der Waals surface area (Å²) in [6.45, 7) is 2.81. The van der Waals surface area contributed by atoms with Gasteiger partial charge in [0, 0.05) is 42.3 Å². The van der Waals surface area contributed by atoms with E-state index < -0.39 is 0 Å². The molecule has 0 atom stereocenters. The summed E-state index contributed by atoms with van der Waals surface area (Å²) in [6, 6.07) is 17.7. The number of hydrogen-bond donors (Lipinski definition) is 1. The molecule has 1 N–H and O–H groups in total. The Kier molecular flexibility index (Phi) is 7.04. The van der Waals surface area contributed by atoms with Crippen LogP contribution in [0.1, 0.15) is 28.8 Å². The number of methoxy groups -OCH3 is 1. The highest BCUT2D eigenvalue weighted by Gasteiger charge is 2.21. The Labute approximate surface area is 217 Å². The van der Waals surface area contributed by atoms with Gasteiger partial charge in [-0.05, 0) is 52.5 Å². The van der Waals surface area contributed by atoms with Crippen molar-refractivity contribution in [2.75, 3.05) is 25.5 Å². The third-order valence-electron chi connectivity index (χ3n) is 6.30. The van der Waals surface area contributed by atoms with Crippen molar-refractivity contribution in [1.29, 1.82) is 0 Å². The van der Waals surface area contributed by atoms with Crippen LogP contribution in [-0.4, -0.2) is 51.7 Å². The van der Waals surface area contributed by atoms with E-state index in [-0.39, 0.29) is 5.97 Å². The maximum atomic E-state index is 11.6. The molecule has 5 rings (SSSR count). The van der Waals surface area contributed by atoms with Crippen LogP contribution in [0.5, 0.6) is 0 Å². The second-order valence-corrected chi connectivity index (χ2v) is 9.88. The number of rotatable bonds is 6. The number of piperidine rings is 1. The lowest BCUT2D eigenvalue weighted by Crippen LogP contribution is -2.39. The highest BCUT2D eigenvalue weighted by molar-refractivity contribution is 9.10. The number of halogens is 2. The first-order chi connectivity index (χ1) is 17.0. The van der Waals surface area contributed by atoms with Crippen LogP contribution < -0.4 is 5.32 Å². The Balaban J connectivity index is 1.28. The van der Waals surface area contributed by atoms with E-state index in [1.54, 1.807) is 6.20 Å². The molecule has 0 bridgehead atoms. The topological polar surface area (TPSA) is 71.8 Å². The average Bonchev–Trinajstić information content (AvgIpc) is 3.26. The summed E-state index contributed by atoms with van der Waals surface area (Å²) in [7, 11) is 1.40. The molecule has 0 spiro atoms. The molecule has 1 saturated heterocycles. The summed E-state index contributed by atoms with van der Waals surface area (Å²) >= 11 is 10.0. The summed E-state index contributed by atoms with van der Waals surface area (Å²) in [4.78, 5) is 18.9. The van der Waals surface area contributed by atoms with E-state index in [4.69, 9.17) is 21.3 Å². The van der Waals surface area contributed by atoms with Crippen LogP contribution in [0, 0.1) is 0 Å². The standard InChI is InChI=1S/C26H25BrClN5O2/c1-35-26(34)18-8-6-17(7-9-18)16-32-12-10-19(11-13-32)30-24-14-23(20-4-2-3-5-22(20)28)31-25-21(27)15-29-33(24)25/h2-9,14-15,19,30H,10-13,16H2,1H3. The first kappa shape index (κ1) is 23.8. The van der Waals surface area contributed by atoms with Crippen molar-refractivity contribution >= 4 is 45.0 Å². The molecule has 4 aromatic rings. The van der Waals surface area contributed by atoms with Crippen LogP contribution >= 0.6 is 27.5 Å². The van der Waals surface area contributed by atoms with Crippen molar-refractivity contribution < 1.29 is 9.53 Å². The van der Waals surface area contributed by atoms with Gasteiger partial charge in [0.25, 0.3) is 0 Å². The lowest BCUT2D eigenvalue weighted by Gasteiger charge is -2.33. The Hall–Kier alpha value is -2.94. The van der Waals surface area contributed by atoms with Gasteiger partial charge in [-0.15, -0.1) is 0 Å². The molecule has 3 heterocycles. The minimum Gasteiger partial charge on any atom is -0.465 e. The number of nitrogens with zero attached hydrogens (tertiary/aromatic N) is 4. The summed E-state index contributed by atoms with van der Waals surface area (Å²) < 4.78 is 7.45. The number of carbonyl (C=O) groups is 1. The molecule has 7 nitrogen and oxygen atoms in total. The zero-order chi connectivity index (χ0) is 24.4. The normalized spacial score (nSPS) is 14.8. The fourth-order valence-corrected chi connectivity index (χ4v) is 4.99. The number of hydrogen-bond acceptors (Lipinski definition) is 6. The van der Waals surface area contributed by atoms with Gasteiger partial charge >= 0.3 is 5.97 Å². The first-order valence-electron chi connectivity index (χ1n) is 11.5. The second kappa shape index (κ2) is 10.4. The summed E-state index contributed by atoms with van der Waals surface area (Å²) in [5, 5.41) is 8.87. The van der Waals surface area contributed by atoms with Crippen molar-refractivity contribution in [3.8, 4) is 11.3 Å². The van der Waals surface area contributed by atoms with Gasteiger partial charge in [0.2, 0.25) is 0 Å².